The van der Waals surface area contributed by atoms with Crippen LogP contribution >= 0.6 is 8.38 Å². The first kappa shape index (κ1) is 31.5. The summed E-state index contributed by atoms with van der Waals surface area (Å²) in [6, 6.07) is 10.8. The summed E-state index contributed by atoms with van der Waals surface area (Å²) in [5.41, 5.74) is 8.43. The molecule has 4 N–H and O–H groups in total. The molecule has 1 aromatic carbocycles. The van der Waals surface area contributed by atoms with E-state index in [9.17, 15) is 8.78 Å². The van der Waals surface area contributed by atoms with Gasteiger partial charge in [0.05, 0.1) is 26.4 Å². The van der Waals surface area contributed by atoms with Gasteiger partial charge in [0, 0.05) is 25.2 Å². The lowest BCUT2D eigenvalue weighted by molar-refractivity contribution is 0.00303. The number of aromatic nitrogens is 1. The largest absolute Gasteiger partial charge is 0.383 e. The highest BCUT2D eigenvalue weighted by atomic mass is 31.2. The van der Waals surface area contributed by atoms with Crippen LogP contribution in [0.5, 0.6) is 0 Å². The number of nitrogens with zero attached hydrogens (tertiary/aromatic N) is 2. The van der Waals surface area contributed by atoms with Crippen LogP contribution in [-0.2, 0) is 28.9 Å². The minimum absolute atomic E-state index is 0.180. The Morgan fingerprint density at radius 2 is 1.65 bits per heavy atom. The summed E-state index contributed by atoms with van der Waals surface area (Å²) in [5.74, 6) is 0.649. The van der Waals surface area contributed by atoms with Crippen LogP contribution in [0.1, 0.15) is 60.6 Å². The van der Waals surface area contributed by atoms with Gasteiger partial charge in [0.2, 0.25) is 8.38 Å². The quantitative estimate of drug-likeness (QED) is 0.180. The van der Waals surface area contributed by atoms with Crippen molar-refractivity contribution in [1.29, 1.82) is 0 Å². The maximum absolute atomic E-state index is 13.1. The van der Waals surface area contributed by atoms with E-state index >= 15 is 0 Å². The fourth-order valence-electron chi connectivity index (χ4n) is 3.87. The third-order valence-corrected chi connectivity index (χ3v) is 6.99. The van der Waals surface area contributed by atoms with Gasteiger partial charge in [-0.05, 0) is 55.5 Å². The second-order valence-electron chi connectivity index (χ2n) is 9.40. The number of unbranched alkanes of at least 4 members (excludes halogenated alkanes) is 2. The summed E-state index contributed by atoms with van der Waals surface area (Å²) in [6.07, 6.45) is 4.58. The van der Waals surface area contributed by atoms with Crippen LogP contribution in [0.3, 0.4) is 0 Å². The summed E-state index contributed by atoms with van der Waals surface area (Å²) in [4.78, 5) is 24.0. The minimum atomic E-state index is -3.50. The molecule has 7 nitrogen and oxygen atoms in total. The SMILES string of the molecule is CCCCCc1cc(Cc2ccc(CN(C)CCOCCOCCC(F)(F)P(O)O)cc2)c(C)nc1N. The Balaban J connectivity index is 1.70. The van der Waals surface area contributed by atoms with Crippen LogP contribution in [0.2, 0.25) is 0 Å². The smallest absolute Gasteiger partial charge is 0.316 e. The van der Waals surface area contributed by atoms with E-state index in [2.05, 4.69) is 47.1 Å². The molecule has 1 heterocycles. The van der Waals surface area contributed by atoms with Crippen LogP contribution < -0.4 is 5.73 Å². The number of hydrogen-bond acceptors (Lipinski definition) is 7. The summed E-state index contributed by atoms with van der Waals surface area (Å²) in [7, 11) is -1.26. The molecule has 2 rings (SSSR count). The minimum Gasteiger partial charge on any atom is -0.383 e. The van der Waals surface area contributed by atoms with E-state index in [1.807, 2.05) is 14.0 Å². The zero-order valence-electron chi connectivity index (χ0n) is 22.3. The molecule has 0 fully saturated rings. The number of likely N-dealkylation sites (N-methyl/N-ethyl adjacent to an activating group) is 1. The van der Waals surface area contributed by atoms with E-state index in [-0.39, 0.29) is 13.2 Å². The van der Waals surface area contributed by atoms with E-state index in [0.717, 1.165) is 43.6 Å². The molecular formula is C27H42F2N3O4P. The van der Waals surface area contributed by atoms with Gasteiger partial charge in [-0.2, -0.15) is 8.78 Å². The monoisotopic (exact) mass is 541 g/mol. The van der Waals surface area contributed by atoms with Gasteiger partial charge in [-0.15, -0.1) is 0 Å². The Kier molecular flexibility index (Phi) is 13.8. The topological polar surface area (TPSA) is 101 Å². The highest BCUT2D eigenvalue weighted by Crippen LogP contribution is 2.46. The van der Waals surface area contributed by atoms with Crippen molar-refractivity contribution in [1.82, 2.24) is 9.88 Å². The molecule has 0 spiro atoms. The summed E-state index contributed by atoms with van der Waals surface area (Å²) in [6.45, 7) is 6.43. The molecule has 2 aromatic rings. The molecule has 208 valence electrons. The van der Waals surface area contributed by atoms with Gasteiger partial charge >= 0.3 is 5.66 Å². The molecular weight excluding hydrogens is 499 g/mol. The number of aryl methyl sites for hydroxylation is 2. The molecule has 0 aliphatic heterocycles. The number of hydrogen-bond donors (Lipinski definition) is 3. The van der Waals surface area contributed by atoms with Crippen molar-refractivity contribution < 1.29 is 28.0 Å². The molecule has 10 heteroatoms. The average Bonchev–Trinajstić information content (AvgIpc) is 2.84. The first-order valence-electron chi connectivity index (χ1n) is 12.8. The lowest BCUT2D eigenvalue weighted by Crippen LogP contribution is -2.23. The van der Waals surface area contributed by atoms with Crippen molar-refractivity contribution in [3.8, 4) is 0 Å². The third-order valence-electron chi connectivity index (χ3n) is 6.18. The van der Waals surface area contributed by atoms with E-state index in [4.69, 9.17) is 25.0 Å². The fraction of sp³-hybridized carbons (Fsp3) is 0.593. The zero-order chi connectivity index (χ0) is 27.3. The zero-order valence-corrected chi connectivity index (χ0v) is 23.2. The number of benzene rings is 1. The number of nitrogen functional groups attached to an aromatic ring is 1. The Morgan fingerprint density at radius 3 is 2.30 bits per heavy atom. The van der Waals surface area contributed by atoms with Crippen molar-refractivity contribution in [2.24, 2.45) is 0 Å². The van der Waals surface area contributed by atoms with E-state index in [1.165, 1.54) is 29.5 Å². The number of alkyl halides is 2. The van der Waals surface area contributed by atoms with Crippen molar-refractivity contribution >= 4 is 14.2 Å². The van der Waals surface area contributed by atoms with Crippen LogP contribution in [0, 0.1) is 6.92 Å². The molecule has 0 aliphatic rings. The van der Waals surface area contributed by atoms with Gasteiger partial charge in [-0.25, -0.2) is 4.98 Å². The second kappa shape index (κ2) is 16.3. The Labute approximate surface area is 220 Å². The normalized spacial score (nSPS) is 12.1. The third kappa shape index (κ3) is 11.7. The van der Waals surface area contributed by atoms with Gasteiger partial charge in [-0.3, -0.25) is 4.90 Å². The molecule has 0 aliphatic carbocycles. The number of pyridine rings is 1. The number of halogens is 2. The van der Waals surface area contributed by atoms with Gasteiger partial charge in [-0.1, -0.05) is 50.1 Å². The molecule has 37 heavy (non-hydrogen) atoms. The summed E-state index contributed by atoms with van der Waals surface area (Å²) in [5, 5.41) is 0. The lowest BCUT2D eigenvalue weighted by Gasteiger charge is -2.18. The Hall–Kier alpha value is -1.74. The van der Waals surface area contributed by atoms with Crippen LogP contribution in [0.4, 0.5) is 14.6 Å². The maximum Gasteiger partial charge on any atom is 0.316 e. The van der Waals surface area contributed by atoms with Crippen molar-refractivity contribution in [3.63, 3.8) is 0 Å². The number of anilines is 1. The number of rotatable bonds is 18. The predicted octanol–water partition coefficient (Wildman–Crippen LogP) is 5.04. The van der Waals surface area contributed by atoms with E-state index in [0.29, 0.717) is 19.0 Å². The average molecular weight is 542 g/mol. The fourth-order valence-corrected chi connectivity index (χ4v) is 4.16. The molecule has 1 aromatic heterocycles. The molecule has 0 atom stereocenters. The first-order chi connectivity index (χ1) is 17.6. The standard InChI is InChI=1S/C27H42F2N3O4P/c1-4-5-6-7-24-19-25(21(2)31-26(24)30)18-22-8-10-23(11-9-22)20-32(3)13-15-36-17-16-35-14-12-27(28,29)37(33)34/h8-11,19,33-34H,4-7,12-18,20H2,1-3H3,(H2,30,31). The molecule has 0 bridgehead atoms. The molecule has 0 saturated carbocycles. The van der Waals surface area contributed by atoms with Crippen molar-refractivity contribution in [3.05, 3.63) is 58.3 Å². The van der Waals surface area contributed by atoms with E-state index in [1.54, 1.807) is 0 Å². The highest BCUT2D eigenvalue weighted by molar-refractivity contribution is 7.46. The van der Waals surface area contributed by atoms with E-state index < -0.39 is 20.5 Å². The summed E-state index contributed by atoms with van der Waals surface area (Å²) >= 11 is 0. The maximum atomic E-state index is 13.1. The molecule has 0 radical (unpaired) electrons. The number of nitrogens with two attached hydrogens (primary N) is 1. The van der Waals surface area contributed by atoms with Gasteiger partial charge in [0.15, 0.2) is 0 Å². The van der Waals surface area contributed by atoms with Crippen LogP contribution in [0.15, 0.2) is 30.3 Å². The van der Waals surface area contributed by atoms with Crippen LogP contribution in [0.25, 0.3) is 0 Å². The van der Waals surface area contributed by atoms with Gasteiger partial charge in [0.1, 0.15) is 5.82 Å². The van der Waals surface area contributed by atoms with Crippen molar-refractivity contribution in [2.75, 3.05) is 45.8 Å². The second-order valence-corrected chi connectivity index (χ2v) is 10.6. The highest BCUT2D eigenvalue weighted by Gasteiger charge is 2.38. The predicted molar refractivity (Wildman–Crippen MR) is 145 cm³/mol. The molecule has 0 amide bonds. The summed E-state index contributed by atoms with van der Waals surface area (Å²) < 4.78 is 36.7. The molecule has 0 unspecified atom stereocenters. The Morgan fingerprint density at radius 1 is 1.00 bits per heavy atom. The number of ether oxygens (including phenoxy) is 2. The Bertz CT molecular complexity index is 933. The lowest BCUT2D eigenvalue weighted by atomic mass is 9.99. The van der Waals surface area contributed by atoms with Crippen LogP contribution in [-0.4, -0.2) is 65.4 Å². The van der Waals surface area contributed by atoms with Crippen molar-refractivity contribution in [2.45, 2.75) is 64.6 Å². The molecule has 0 saturated heterocycles. The first-order valence-corrected chi connectivity index (χ1v) is 14.1. The van der Waals surface area contributed by atoms with Gasteiger partial charge in [0.25, 0.3) is 0 Å². The van der Waals surface area contributed by atoms with Gasteiger partial charge < -0.3 is 25.0 Å².